The second kappa shape index (κ2) is 9.07. The van der Waals surface area contributed by atoms with Gasteiger partial charge >= 0.3 is 6.01 Å². The number of aromatic hydroxyl groups is 1. The van der Waals surface area contributed by atoms with Crippen LogP contribution < -0.4 is 19.7 Å². The van der Waals surface area contributed by atoms with Crippen LogP contribution in [0.2, 0.25) is 5.02 Å². The Morgan fingerprint density at radius 1 is 1.16 bits per heavy atom. The van der Waals surface area contributed by atoms with Gasteiger partial charge in [-0.15, -0.1) is 0 Å². The first kappa shape index (κ1) is 24.1. The Hall–Kier alpha value is -2.95. The number of nitrogens with one attached hydrogen (secondary N) is 1. The first-order valence-electron chi connectivity index (χ1n) is 13.2. The summed E-state index contributed by atoms with van der Waals surface area (Å²) >= 11 is 6.73. The van der Waals surface area contributed by atoms with Crippen molar-refractivity contribution in [3.63, 3.8) is 0 Å². The van der Waals surface area contributed by atoms with Crippen molar-refractivity contribution < 1.29 is 23.4 Å². The molecule has 3 saturated heterocycles. The highest BCUT2D eigenvalue weighted by atomic mass is 35.5. The first-order valence-corrected chi connectivity index (χ1v) is 13.5. The SMILES string of the molecule is Oc1cccc(F)c1-c1c(Cl)c2c3c(nc(OCC45CCCN4CCC5)nc3c1F)N1CCNCC1CO2. The summed E-state index contributed by atoms with van der Waals surface area (Å²) in [7, 11) is 0. The maximum atomic E-state index is 16.4. The van der Waals surface area contributed by atoms with Crippen LogP contribution in [-0.4, -0.2) is 77.5 Å². The average Bonchev–Trinajstić information content (AvgIpc) is 3.45. The van der Waals surface area contributed by atoms with Crippen LogP contribution in [0.3, 0.4) is 0 Å². The summed E-state index contributed by atoms with van der Waals surface area (Å²) in [6.07, 6.45) is 4.34. The molecule has 4 aliphatic rings. The number of hydrogen-bond donors (Lipinski definition) is 2. The highest BCUT2D eigenvalue weighted by Gasteiger charge is 2.45. The molecule has 5 heterocycles. The third-order valence-corrected chi connectivity index (χ3v) is 8.87. The molecule has 8 nitrogen and oxygen atoms in total. The maximum absolute atomic E-state index is 16.4. The van der Waals surface area contributed by atoms with E-state index in [0.29, 0.717) is 30.9 Å². The van der Waals surface area contributed by atoms with Crippen molar-refractivity contribution in [2.75, 3.05) is 50.8 Å². The predicted octanol–water partition coefficient (Wildman–Crippen LogP) is 4.11. The largest absolute Gasteiger partial charge is 0.507 e. The number of hydrogen-bond acceptors (Lipinski definition) is 8. The van der Waals surface area contributed by atoms with Crippen molar-refractivity contribution in [3.05, 3.63) is 34.9 Å². The molecule has 0 bridgehead atoms. The summed E-state index contributed by atoms with van der Waals surface area (Å²) in [5, 5.41) is 14.0. The zero-order valence-corrected chi connectivity index (χ0v) is 21.5. The van der Waals surface area contributed by atoms with Crippen LogP contribution in [0.5, 0.6) is 17.5 Å². The minimum atomic E-state index is -0.860. The van der Waals surface area contributed by atoms with Gasteiger partial charge in [0, 0.05) is 25.2 Å². The Morgan fingerprint density at radius 3 is 2.76 bits per heavy atom. The minimum Gasteiger partial charge on any atom is -0.507 e. The lowest BCUT2D eigenvalue weighted by Gasteiger charge is -2.35. The molecule has 1 aromatic heterocycles. The van der Waals surface area contributed by atoms with Crippen LogP contribution in [-0.2, 0) is 0 Å². The third kappa shape index (κ3) is 3.60. The van der Waals surface area contributed by atoms with E-state index in [2.05, 4.69) is 20.1 Å². The van der Waals surface area contributed by atoms with Gasteiger partial charge in [0.15, 0.2) is 11.6 Å². The number of rotatable bonds is 4. The Morgan fingerprint density at radius 2 is 1.97 bits per heavy atom. The number of anilines is 1. The Bertz CT molecular complexity index is 1410. The molecule has 200 valence electrons. The summed E-state index contributed by atoms with van der Waals surface area (Å²) in [6.45, 7) is 4.80. The molecule has 3 aromatic rings. The average molecular weight is 544 g/mol. The topological polar surface area (TPSA) is 83.0 Å². The zero-order valence-electron chi connectivity index (χ0n) is 20.8. The third-order valence-electron chi connectivity index (χ3n) is 8.51. The van der Waals surface area contributed by atoms with E-state index in [4.69, 9.17) is 26.1 Å². The lowest BCUT2D eigenvalue weighted by Crippen LogP contribution is -2.53. The fourth-order valence-corrected chi connectivity index (χ4v) is 6.98. The summed E-state index contributed by atoms with van der Waals surface area (Å²) in [6, 6.07) is 3.77. The molecule has 1 atom stereocenters. The van der Waals surface area contributed by atoms with Crippen molar-refractivity contribution in [1.82, 2.24) is 20.2 Å². The van der Waals surface area contributed by atoms with E-state index in [1.54, 1.807) is 0 Å². The summed E-state index contributed by atoms with van der Waals surface area (Å²) in [4.78, 5) is 13.8. The second-order valence-electron chi connectivity index (χ2n) is 10.6. The van der Waals surface area contributed by atoms with Crippen LogP contribution in [0.1, 0.15) is 25.7 Å². The number of ether oxygens (including phenoxy) is 2. The van der Waals surface area contributed by atoms with Crippen molar-refractivity contribution in [2.24, 2.45) is 0 Å². The van der Waals surface area contributed by atoms with Gasteiger partial charge in [0.2, 0.25) is 0 Å². The Kier molecular flexibility index (Phi) is 5.75. The van der Waals surface area contributed by atoms with E-state index in [1.807, 2.05) is 0 Å². The molecule has 2 N–H and O–H groups in total. The standard InChI is InChI=1S/C27H28ClF2N5O3/c28-21-19(18-16(29)4-1-5-17(18)36)22(30)23-20-24(21)37-13-15-12-31-8-11-35(15)25(20)33-26(32-23)38-14-27-6-2-9-34(27)10-3-7-27/h1,4-5,15,31,36H,2-3,6-14H2. The van der Waals surface area contributed by atoms with E-state index >= 15 is 4.39 Å². The molecule has 0 spiro atoms. The lowest BCUT2D eigenvalue weighted by atomic mass is 9.95. The fraction of sp³-hybridized carbons (Fsp3) is 0.481. The fourth-order valence-electron chi connectivity index (χ4n) is 6.65. The van der Waals surface area contributed by atoms with E-state index in [9.17, 15) is 9.50 Å². The smallest absolute Gasteiger partial charge is 0.319 e. The van der Waals surface area contributed by atoms with Crippen molar-refractivity contribution in [1.29, 1.82) is 0 Å². The lowest BCUT2D eigenvalue weighted by molar-refractivity contribution is 0.108. The van der Waals surface area contributed by atoms with Crippen LogP contribution in [0, 0.1) is 11.6 Å². The number of piperazine rings is 1. The van der Waals surface area contributed by atoms with Crippen molar-refractivity contribution >= 4 is 28.3 Å². The number of phenolic OH excluding ortho intramolecular Hbond substituents is 1. The van der Waals surface area contributed by atoms with Crippen LogP contribution in [0.15, 0.2) is 18.2 Å². The Labute approximate surface area is 223 Å². The molecule has 3 fully saturated rings. The van der Waals surface area contributed by atoms with Gasteiger partial charge in [-0.25, -0.2) is 8.78 Å². The second-order valence-corrected chi connectivity index (χ2v) is 11.0. The maximum Gasteiger partial charge on any atom is 0.319 e. The molecule has 0 saturated carbocycles. The molecule has 0 radical (unpaired) electrons. The molecule has 7 rings (SSSR count). The number of nitrogens with zero attached hydrogens (tertiary/aromatic N) is 4. The zero-order chi connectivity index (χ0) is 26.0. The van der Waals surface area contributed by atoms with Gasteiger partial charge in [0.05, 0.1) is 27.6 Å². The highest BCUT2D eigenvalue weighted by Crippen LogP contribution is 2.50. The van der Waals surface area contributed by atoms with E-state index in [0.717, 1.165) is 51.4 Å². The number of halogens is 3. The summed E-state index contributed by atoms with van der Waals surface area (Å²) in [5.41, 5.74) is -0.751. The monoisotopic (exact) mass is 543 g/mol. The molecule has 38 heavy (non-hydrogen) atoms. The number of aromatic nitrogens is 2. The highest BCUT2D eigenvalue weighted by molar-refractivity contribution is 6.36. The molecular weight excluding hydrogens is 516 g/mol. The van der Waals surface area contributed by atoms with E-state index in [-0.39, 0.29) is 51.6 Å². The number of fused-ring (bicyclic) bond motifs is 3. The van der Waals surface area contributed by atoms with E-state index in [1.165, 1.54) is 12.1 Å². The quantitative estimate of drug-likeness (QED) is 0.509. The van der Waals surface area contributed by atoms with Crippen molar-refractivity contribution in [2.45, 2.75) is 37.3 Å². The van der Waals surface area contributed by atoms with Crippen molar-refractivity contribution in [3.8, 4) is 28.6 Å². The minimum absolute atomic E-state index is 0.0407. The molecular formula is C27H28ClF2N5O3. The van der Waals surface area contributed by atoms with Gasteiger partial charge in [-0.2, -0.15) is 9.97 Å². The molecule has 2 aromatic carbocycles. The van der Waals surface area contributed by atoms with Crippen LogP contribution in [0.4, 0.5) is 14.6 Å². The summed E-state index contributed by atoms with van der Waals surface area (Å²) in [5.74, 6) is -1.43. The predicted molar refractivity (Wildman–Crippen MR) is 139 cm³/mol. The van der Waals surface area contributed by atoms with Crippen LogP contribution >= 0.6 is 11.6 Å². The van der Waals surface area contributed by atoms with Crippen LogP contribution in [0.25, 0.3) is 22.0 Å². The molecule has 11 heteroatoms. The molecule has 4 aliphatic heterocycles. The number of benzene rings is 2. The first-order chi connectivity index (χ1) is 18.5. The van der Waals surface area contributed by atoms with Gasteiger partial charge in [-0.1, -0.05) is 17.7 Å². The summed E-state index contributed by atoms with van der Waals surface area (Å²) < 4.78 is 43.7. The van der Waals surface area contributed by atoms with Gasteiger partial charge in [-0.3, -0.25) is 4.90 Å². The van der Waals surface area contributed by atoms with E-state index < -0.39 is 17.4 Å². The van der Waals surface area contributed by atoms with Gasteiger partial charge in [-0.05, 0) is 50.9 Å². The van der Waals surface area contributed by atoms with Gasteiger partial charge < -0.3 is 24.8 Å². The van der Waals surface area contributed by atoms with Gasteiger partial charge in [0.1, 0.15) is 36.1 Å². The Balaban J connectivity index is 1.42. The number of phenols is 1. The normalized spacial score (nSPS) is 22.2. The molecule has 0 aliphatic carbocycles. The van der Waals surface area contributed by atoms with Gasteiger partial charge in [0.25, 0.3) is 0 Å². The molecule has 0 amide bonds. The molecule has 1 unspecified atom stereocenters.